The van der Waals surface area contributed by atoms with E-state index in [-0.39, 0.29) is 19.3 Å². The molecule has 0 fully saturated rings. The van der Waals surface area contributed by atoms with Gasteiger partial charge in [0, 0.05) is 12.8 Å². The summed E-state index contributed by atoms with van der Waals surface area (Å²) < 4.78 is 0. The number of amides is 4. The normalized spacial score (nSPS) is 13.6. The zero-order valence-electron chi connectivity index (χ0n) is 15.7. The Morgan fingerprint density at radius 1 is 0.897 bits per heavy atom. The molecule has 9 N–H and O–H groups in total. The van der Waals surface area contributed by atoms with E-state index in [4.69, 9.17) is 22.3 Å². The number of carboxylic acids is 1. The molecular formula is C18H25N5O6. The van der Waals surface area contributed by atoms with E-state index in [1.807, 2.05) is 0 Å². The van der Waals surface area contributed by atoms with E-state index in [1.54, 1.807) is 30.3 Å². The van der Waals surface area contributed by atoms with Crippen molar-refractivity contribution in [2.75, 3.05) is 0 Å². The van der Waals surface area contributed by atoms with Crippen molar-refractivity contribution >= 4 is 29.6 Å². The van der Waals surface area contributed by atoms with Crippen LogP contribution in [-0.4, -0.2) is 52.8 Å². The molecule has 0 aliphatic carbocycles. The van der Waals surface area contributed by atoms with Gasteiger partial charge in [0.2, 0.25) is 23.6 Å². The second-order valence-corrected chi connectivity index (χ2v) is 6.43. The monoisotopic (exact) mass is 407 g/mol. The minimum absolute atomic E-state index is 0.0136. The van der Waals surface area contributed by atoms with Crippen molar-refractivity contribution < 1.29 is 29.1 Å². The number of carbonyl (C=O) groups is 5. The summed E-state index contributed by atoms with van der Waals surface area (Å²) in [6.07, 6.45) is -0.681. The molecule has 0 spiro atoms. The van der Waals surface area contributed by atoms with Gasteiger partial charge in [-0.2, -0.15) is 0 Å². The van der Waals surface area contributed by atoms with E-state index in [9.17, 15) is 24.0 Å². The Kier molecular flexibility index (Phi) is 9.26. The van der Waals surface area contributed by atoms with Crippen LogP contribution < -0.4 is 27.8 Å². The fourth-order valence-corrected chi connectivity index (χ4v) is 2.44. The quantitative estimate of drug-likeness (QED) is 0.224. The second kappa shape index (κ2) is 11.4. The van der Waals surface area contributed by atoms with Gasteiger partial charge in [-0.3, -0.25) is 19.2 Å². The minimum atomic E-state index is -1.54. The molecule has 0 radical (unpaired) electrons. The lowest BCUT2D eigenvalue weighted by Crippen LogP contribution is -2.55. The smallest absolute Gasteiger partial charge is 0.326 e. The van der Waals surface area contributed by atoms with Crippen LogP contribution in [0.1, 0.15) is 24.8 Å². The van der Waals surface area contributed by atoms with Gasteiger partial charge in [0.25, 0.3) is 0 Å². The van der Waals surface area contributed by atoms with Crippen molar-refractivity contribution in [1.29, 1.82) is 0 Å². The average Bonchev–Trinajstić information content (AvgIpc) is 2.65. The maximum atomic E-state index is 12.6. The van der Waals surface area contributed by atoms with Crippen LogP contribution in [-0.2, 0) is 30.4 Å². The molecule has 1 aromatic rings. The molecule has 1 aromatic carbocycles. The molecule has 0 aliphatic heterocycles. The zero-order chi connectivity index (χ0) is 22.0. The van der Waals surface area contributed by atoms with E-state index < -0.39 is 54.1 Å². The molecule has 158 valence electrons. The maximum absolute atomic E-state index is 12.6. The molecule has 0 saturated carbocycles. The Morgan fingerprint density at radius 2 is 1.48 bits per heavy atom. The van der Waals surface area contributed by atoms with Crippen LogP contribution in [0.5, 0.6) is 0 Å². The molecule has 0 saturated heterocycles. The Morgan fingerprint density at radius 3 is 2.00 bits per heavy atom. The highest BCUT2D eigenvalue weighted by Gasteiger charge is 2.29. The van der Waals surface area contributed by atoms with Crippen LogP contribution in [0.25, 0.3) is 0 Å². The topological polar surface area (TPSA) is 208 Å². The third-order valence-electron chi connectivity index (χ3n) is 3.97. The fourth-order valence-electron chi connectivity index (χ4n) is 2.44. The number of nitrogens with one attached hydrogen (secondary N) is 2. The third kappa shape index (κ3) is 8.84. The van der Waals surface area contributed by atoms with Crippen molar-refractivity contribution in [3.8, 4) is 0 Å². The highest BCUT2D eigenvalue weighted by Crippen LogP contribution is 2.06. The number of hydrogen-bond donors (Lipinski definition) is 6. The fraction of sp³-hybridized carbons (Fsp3) is 0.389. The van der Waals surface area contributed by atoms with Crippen LogP contribution in [0.3, 0.4) is 0 Å². The highest BCUT2D eigenvalue weighted by molar-refractivity contribution is 5.93. The Hall–Kier alpha value is -3.47. The summed E-state index contributed by atoms with van der Waals surface area (Å²) in [5.74, 6) is -4.50. The first-order valence-corrected chi connectivity index (χ1v) is 8.79. The molecule has 0 bridgehead atoms. The summed E-state index contributed by atoms with van der Waals surface area (Å²) in [6.45, 7) is 0. The van der Waals surface area contributed by atoms with Crippen molar-refractivity contribution in [3.05, 3.63) is 35.9 Å². The van der Waals surface area contributed by atoms with Crippen molar-refractivity contribution in [3.63, 3.8) is 0 Å². The summed E-state index contributed by atoms with van der Waals surface area (Å²) in [6, 6.07) is 4.88. The molecule has 0 aliphatic rings. The summed E-state index contributed by atoms with van der Waals surface area (Å²) in [5.41, 5.74) is 16.4. The predicted molar refractivity (Wildman–Crippen MR) is 102 cm³/mol. The molecular weight excluding hydrogens is 382 g/mol. The van der Waals surface area contributed by atoms with E-state index in [0.717, 1.165) is 0 Å². The first-order chi connectivity index (χ1) is 13.6. The lowest BCUT2D eigenvalue weighted by atomic mass is 10.0. The van der Waals surface area contributed by atoms with Crippen molar-refractivity contribution in [1.82, 2.24) is 10.6 Å². The maximum Gasteiger partial charge on any atom is 0.326 e. The van der Waals surface area contributed by atoms with Crippen molar-refractivity contribution in [2.24, 2.45) is 17.2 Å². The van der Waals surface area contributed by atoms with Crippen LogP contribution in [0, 0.1) is 0 Å². The van der Waals surface area contributed by atoms with Crippen molar-refractivity contribution in [2.45, 2.75) is 43.8 Å². The molecule has 4 amide bonds. The van der Waals surface area contributed by atoms with Crippen LogP contribution in [0.4, 0.5) is 0 Å². The number of rotatable bonds is 12. The molecule has 11 nitrogen and oxygen atoms in total. The Labute approximate surface area is 167 Å². The number of nitrogens with two attached hydrogens (primary N) is 3. The lowest BCUT2D eigenvalue weighted by Gasteiger charge is -2.22. The zero-order valence-corrected chi connectivity index (χ0v) is 15.7. The van der Waals surface area contributed by atoms with Gasteiger partial charge in [-0.05, 0) is 12.0 Å². The molecule has 11 heteroatoms. The first-order valence-electron chi connectivity index (χ1n) is 8.79. The first kappa shape index (κ1) is 23.6. The van der Waals surface area contributed by atoms with E-state index >= 15 is 0 Å². The number of carbonyl (C=O) groups excluding carboxylic acids is 4. The number of benzene rings is 1. The largest absolute Gasteiger partial charge is 0.480 e. The summed E-state index contributed by atoms with van der Waals surface area (Å²) in [4.78, 5) is 58.1. The van der Waals surface area contributed by atoms with Gasteiger partial charge in [-0.15, -0.1) is 0 Å². The van der Waals surface area contributed by atoms with Gasteiger partial charge in [-0.1, -0.05) is 30.3 Å². The molecule has 29 heavy (non-hydrogen) atoms. The van der Waals surface area contributed by atoms with Gasteiger partial charge in [0.15, 0.2) is 0 Å². The summed E-state index contributed by atoms with van der Waals surface area (Å²) >= 11 is 0. The number of primary amides is 2. The molecule has 3 atom stereocenters. The lowest BCUT2D eigenvalue weighted by molar-refractivity contribution is -0.143. The van der Waals surface area contributed by atoms with E-state index in [0.29, 0.717) is 5.56 Å². The number of aliphatic carboxylic acids is 1. The van der Waals surface area contributed by atoms with Gasteiger partial charge in [-0.25, -0.2) is 4.79 Å². The average molecular weight is 407 g/mol. The SMILES string of the molecule is NC(=O)CCC(N)C(=O)NC(Cc1ccccc1)C(=O)NC(CC(N)=O)C(=O)O. The summed E-state index contributed by atoms with van der Waals surface area (Å²) in [7, 11) is 0. The van der Waals surface area contributed by atoms with Gasteiger partial charge < -0.3 is 32.9 Å². The summed E-state index contributed by atoms with van der Waals surface area (Å²) in [5, 5.41) is 13.8. The van der Waals surface area contributed by atoms with Crippen LogP contribution in [0.15, 0.2) is 30.3 Å². The predicted octanol–water partition coefficient (Wildman–Crippen LogP) is -2.25. The second-order valence-electron chi connectivity index (χ2n) is 6.43. The Bertz CT molecular complexity index is 754. The standard InChI is InChI=1S/C18H25N5O6/c19-11(6-7-14(20)24)16(26)22-12(8-10-4-2-1-3-5-10)17(27)23-13(18(28)29)9-15(21)25/h1-5,11-13H,6-9,19H2,(H2,20,24)(H2,21,25)(H,22,26)(H,23,27)(H,28,29). The van der Waals surface area contributed by atoms with Gasteiger partial charge in [0.1, 0.15) is 12.1 Å². The van der Waals surface area contributed by atoms with Crippen LogP contribution >= 0.6 is 0 Å². The minimum Gasteiger partial charge on any atom is -0.480 e. The van der Waals surface area contributed by atoms with Gasteiger partial charge >= 0.3 is 5.97 Å². The number of carboxylic acid groups (broad SMARTS) is 1. The molecule has 3 unspecified atom stereocenters. The van der Waals surface area contributed by atoms with Gasteiger partial charge in [0.05, 0.1) is 12.5 Å². The number of hydrogen-bond acceptors (Lipinski definition) is 6. The molecule has 0 heterocycles. The Balaban J connectivity index is 2.93. The molecule has 0 aromatic heterocycles. The highest BCUT2D eigenvalue weighted by atomic mass is 16.4. The van der Waals surface area contributed by atoms with Crippen LogP contribution in [0.2, 0.25) is 0 Å². The molecule has 1 rings (SSSR count). The third-order valence-corrected chi connectivity index (χ3v) is 3.97. The van der Waals surface area contributed by atoms with E-state index in [2.05, 4.69) is 10.6 Å². The van der Waals surface area contributed by atoms with E-state index in [1.165, 1.54) is 0 Å².